The lowest BCUT2D eigenvalue weighted by atomic mass is 10.3. The van der Waals surface area contributed by atoms with Gasteiger partial charge in [0.15, 0.2) is 0 Å². The largest absolute Gasteiger partial charge is 0.338 e. The van der Waals surface area contributed by atoms with Gasteiger partial charge in [0.25, 0.3) is 0 Å². The molecule has 1 amide bonds. The maximum absolute atomic E-state index is 12.4. The minimum atomic E-state index is -0.394. The molecular formula is C14H20ClN5O. The molecular weight excluding hydrogens is 290 g/mol. The summed E-state index contributed by atoms with van der Waals surface area (Å²) in [5.74, 6) is -0.0276. The molecule has 0 fully saturated rings. The summed E-state index contributed by atoms with van der Waals surface area (Å²) >= 11 is 5.99. The summed E-state index contributed by atoms with van der Waals surface area (Å²) in [7, 11) is 1.77. The van der Waals surface area contributed by atoms with E-state index in [-0.39, 0.29) is 5.91 Å². The topological polar surface area (TPSA) is 56.0 Å². The molecule has 0 spiro atoms. The van der Waals surface area contributed by atoms with Gasteiger partial charge in [0.05, 0.1) is 23.0 Å². The summed E-state index contributed by atoms with van der Waals surface area (Å²) < 4.78 is 3.44. The molecule has 2 heterocycles. The lowest BCUT2D eigenvalue weighted by Crippen LogP contribution is -2.33. The number of carbonyl (C=O) groups is 1. The number of halogens is 1. The van der Waals surface area contributed by atoms with Gasteiger partial charge in [-0.1, -0.05) is 11.6 Å². The van der Waals surface area contributed by atoms with E-state index in [2.05, 4.69) is 10.2 Å². The van der Waals surface area contributed by atoms with Crippen molar-refractivity contribution < 1.29 is 4.79 Å². The fourth-order valence-electron chi connectivity index (χ4n) is 2.07. The standard InChI is InChI=1S/C14H20ClN5O/c1-5-19-7-6-12(17-19)8-18(4)14(21)11(3)20-9-13(15)10(2)16-20/h6-7,9,11H,5,8H2,1-4H3. The Hall–Kier alpha value is -1.82. The normalized spacial score (nSPS) is 12.4. The zero-order valence-corrected chi connectivity index (χ0v) is 13.5. The van der Waals surface area contributed by atoms with E-state index >= 15 is 0 Å². The van der Waals surface area contributed by atoms with Crippen molar-refractivity contribution >= 4 is 17.5 Å². The van der Waals surface area contributed by atoms with Gasteiger partial charge >= 0.3 is 0 Å². The third-order valence-corrected chi connectivity index (χ3v) is 3.78. The number of rotatable bonds is 5. The van der Waals surface area contributed by atoms with Crippen LogP contribution in [0.1, 0.15) is 31.3 Å². The molecule has 114 valence electrons. The van der Waals surface area contributed by atoms with Gasteiger partial charge in [0.2, 0.25) is 5.91 Å². The molecule has 0 radical (unpaired) electrons. The molecule has 0 N–H and O–H groups in total. The average molecular weight is 310 g/mol. The first-order chi connectivity index (χ1) is 9.92. The van der Waals surface area contributed by atoms with Crippen molar-refractivity contribution in [1.29, 1.82) is 0 Å². The minimum absolute atomic E-state index is 0.0276. The second-order valence-corrected chi connectivity index (χ2v) is 5.48. The van der Waals surface area contributed by atoms with Crippen LogP contribution in [0.4, 0.5) is 0 Å². The zero-order valence-electron chi connectivity index (χ0n) is 12.7. The molecule has 6 nitrogen and oxygen atoms in total. The second kappa shape index (κ2) is 6.30. The van der Waals surface area contributed by atoms with E-state index in [0.717, 1.165) is 17.9 Å². The van der Waals surface area contributed by atoms with Crippen molar-refractivity contribution in [2.45, 2.75) is 39.9 Å². The maximum atomic E-state index is 12.4. The van der Waals surface area contributed by atoms with Crippen LogP contribution in [0.25, 0.3) is 0 Å². The Bertz CT molecular complexity index is 614. The molecule has 0 aromatic carbocycles. The molecule has 2 aromatic heterocycles. The molecule has 0 aliphatic heterocycles. The highest BCUT2D eigenvalue weighted by molar-refractivity contribution is 6.31. The average Bonchev–Trinajstić information content (AvgIpc) is 3.04. The predicted octanol–water partition coefficient (Wildman–Crippen LogP) is 2.28. The number of aromatic nitrogens is 4. The summed E-state index contributed by atoms with van der Waals surface area (Å²) in [6.07, 6.45) is 3.59. The Kier molecular flexibility index (Phi) is 4.67. The summed E-state index contributed by atoms with van der Waals surface area (Å²) in [5.41, 5.74) is 1.59. The molecule has 1 unspecified atom stereocenters. The lowest BCUT2D eigenvalue weighted by Gasteiger charge is -2.20. The Morgan fingerprint density at radius 2 is 2.19 bits per heavy atom. The highest BCUT2D eigenvalue weighted by Gasteiger charge is 2.21. The number of likely N-dealkylation sites (N-methyl/N-ethyl adjacent to an activating group) is 1. The van der Waals surface area contributed by atoms with Gasteiger partial charge in [-0.05, 0) is 26.8 Å². The summed E-state index contributed by atoms with van der Waals surface area (Å²) in [6.45, 7) is 6.95. The van der Waals surface area contributed by atoms with E-state index in [0.29, 0.717) is 11.6 Å². The number of nitrogens with zero attached hydrogens (tertiary/aromatic N) is 5. The minimum Gasteiger partial charge on any atom is -0.338 e. The zero-order chi connectivity index (χ0) is 15.6. The second-order valence-electron chi connectivity index (χ2n) is 5.08. The first kappa shape index (κ1) is 15.6. The van der Waals surface area contributed by atoms with Gasteiger partial charge in [-0.15, -0.1) is 0 Å². The van der Waals surface area contributed by atoms with Crippen molar-refractivity contribution in [3.8, 4) is 0 Å². The van der Waals surface area contributed by atoms with Gasteiger partial charge < -0.3 is 4.90 Å². The quantitative estimate of drug-likeness (QED) is 0.851. The smallest absolute Gasteiger partial charge is 0.247 e. The molecule has 0 saturated carbocycles. The Morgan fingerprint density at radius 1 is 1.48 bits per heavy atom. The third kappa shape index (κ3) is 3.44. The van der Waals surface area contributed by atoms with Crippen LogP contribution in [0.15, 0.2) is 18.5 Å². The van der Waals surface area contributed by atoms with Gasteiger partial charge in [-0.3, -0.25) is 14.2 Å². The van der Waals surface area contributed by atoms with Crippen LogP contribution >= 0.6 is 11.6 Å². The van der Waals surface area contributed by atoms with E-state index in [1.54, 1.807) is 22.8 Å². The Balaban J connectivity index is 2.04. The summed E-state index contributed by atoms with van der Waals surface area (Å²) in [6, 6.07) is 1.53. The van der Waals surface area contributed by atoms with E-state index in [1.165, 1.54) is 0 Å². The van der Waals surface area contributed by atoms with Crippen molar-refractivity contribution in [3.63, 3.8) is 0 Å². The molecule has 2 rings (SSSR count). The fraction of sp³-hybridized carbons (Fsp3) is 0.500. The third-order valence-electron chi connectivity index (χ3n) is 3.41. The van der Waals surface area contributed by atoms with E-state index in [1.807, 2.05) is 37.7 Å². The van der Waals surface area contributed by atoms with Crippen LogP contribution in [0.3, 0.4) is 0 Å². The van der Waals surface area contributed by atoms with Gasteiger partial charge in [-0.2, -0.15) is 10.2 Å². The Morgan fingerprint density at radius 3 is 2.71 bits per heavy atom. The van der Waals surface area contributed by atoms with Crippen LogP contribution < -0.4 is 0 Å². The van der Waals surface area contributed by atoms with Crippen molar-refractivity contribution in [2.24, 2.45) is 0 Å². The van der Waals surface area contributed by atoms with Gasteiger partial charge in [0.1, 0.15) is 6.04 Å². The molecule has 0 aliphatic rings. The van der Waals surface area contributed by atoms with E-state index in [4.69, 9.17) is 11.6 Å². The number of carbonyl (C=O) groups excluding carboxylic acids is 1. The molecule has 1 atom stereocenters. The SMILES string of the molecule is CCn1ccc(CN(C)C(=O)C(C)n2cc(Cl)c(C)n2)n1. The van der Waals surface area contributed by atoms with Gasteiger partial charge in [-0.25, -0.2) is 0 Å². The lowest BCUT2D eigenvalue weighted by molar-refractivity contribution is -0.133. The van der Waals surface area contributed by atoms with E-state index in [9.17, 15) is 4.79 Å². The predicted molar refractivity (Wildman–Crippen MR) is 81.1 cm³/mol. The number of hydrogen-bond donors (Lipinski definition) is 0. The molecule has 2 aromatic rings. The van der Waals surface area contributed by atoms with Gasteiger partial charge in [0, 0.05) is 26.0 Å². The number of hydrogen-bond acceptors (Lipinski definition) is 3. The fourth-order valence-corrected chi connectivity index (χ4v) is 2.21. The van der Waals surface area contributed by atoms with Crippen LogP contribution in [-0.2, 0) is 17.9 Å². The van der Waals surface area contributed by atoms with Crippen LogP contribution in [-0.4, -0.2) is 37.4 Å². The van der Waals surface area contributed by atoms with Crippen molar-refractivity contribution in [1.82, 2.24) is 24.5 Å². The maximum Gasteiger partial charge on any atom is 0.247 e. The first-order valence-electron chi connectivity index (χ1n) is 6.91. The first-order valence-corrected chi connectivity index (χ1v) is 7.28. The van der Waals surface area contributed by atoms with Crippen molar-refractivity contribution in [2.75, 3.05) is 7.05 Å². The van der Waals surface area contributed by atoms with Crippen molar-refractivity contribution in [3.05, 3.63) is 34.9 Å². The number of aryl methyl sites for hydroxylation is 2. The summed E-state index contributed by atoms with van der Waals surface area (Å²) in [5, 5.41) is 9.20. The highest BCUT2D eigenvalue weighted by Crippen LogP contribution is 2.17. The monoisotopic (exact) mass is 309 g/mol. The molecule has 7 heteroatoms. The molecule has 21 heavy (non-hydrogen) atoms. The van der Waals surface area contributed by atoms with Crippen LogP contribution in [0.2, 0.25) is 5.02 Å². The summed E-state index contributed by atoms with van der Waals surface area (Å²) in [4.78, 5) is 14.1. The van der Waals surface area contributed by atoms with Crippen LogP contribution in [0, 0.1) is 6.92 Å². The van der Waals surface area contributed by atoms with Crippen LogP contribution in [0.5, 0.6) is 0 Å². The number of amides is 1. The molecule has 0 bridgehead atoms. The highest BCUT2D eigenvalue weighted by atomic mass is 35.5. The Labute approximate surface area is 129 Å². The molecule has 0 aliphatic carbocycles. The van der Waals surface area contributed by atoms with E-state index < -0.39 is 6.04 Å². The molecule has 0 saturated heterocycles.